The molecule has 1 aliphatic heterocycles. The Morgan fingerprint density at radius 1 is 1.23 bits per heavy atom. The van der Waals surface area contributed by atoms with Crippen molar-refractivity contribution in [3.8, 4) is 5.69 Å². The summed E-state index contributed by atoms with van der Waals surface area (Å²) in [5, 5.41) is 7.25. The van der Waals surface area contributed by atoms with Gasteiger partial charge in [0.05, 0.1) is 11.9 Å². The molecular formula is C14H17FN4O2S. The molecule has 1 N–H and O–H groups in total. The van der Waals surface area contributed by atoms with Crippen LogP contribution in [0.25, 0.3) is 5.69 Å². The molecule has 0 spiro atoms. The summed E-state index contributed by atoms with van der Waals surface area (Å²) in [4.78, 5) is 0. The van der Waals surface area contributed by atoms with Gasteiger partial charge in [0.2, 0.25) is 0 Å². The first-order valence-corrected chi connectivity index (χ1v) is 8.45. The van der Waals surface area contributed by atoms with Crippen LogP contribution in [0.5, 0.6) is 0 Å². The lowest BCUT2D eigenvalue weighted by Gasteiger charge is -2.26. The summed E-state index contributed by atoms with van der Waals surface area (Å²) in [7, 11) is -3.66. The van der Waals surface area contributed by atoms with Crippen LogP contribution in [0.3, 0.4) is 0 Å². The lowest BCUT2D eigenvalue weighted by atomic mass is 10.2. The van der Waals surface area contributed by atoms with Crippen molar-refractivity contribution in [3.05, 3.63) is 41.8 Å². The number of hydrogen-bond donors (Lipinski definition) is 1. The Kier molecular flexibility index (Phi) is 3.98. The second kappa shape index (κ2) is 5.79. The number of nitrogens with one attached hydrogen (secondary N) is 1. The Labute approximate surface area is 128 Å². The fourth-order valence-corrected chi connectivity index (χ4v) is 4.02. The van der Waals surface area contributed by atoms with E-state index in [1.54, 1.807) is 13.0 Å². The van der Waals surface area contributed by atoms with Crippen molar-refractivity contribution in [2.24, 2.45) is 0 Å². The number of halogens is 1. The molecule has 0 aliphatic carbocycles. The molecule has 0 radical (unpaired) electrons. The predicted molar refractivity (Wildman–Crippen MR) is 79.9 cm³/mol. The maximum Gasteiger partial charge on any atom is 0.260 e. The first-order chi connectivity index (χ1) is 10.5. The van der Waals surface area contributed by atoms with Gasteiger partial charge in [-0.3, -0.25) is 0 Å². The van der Waals surface area contributed by atoms with Gasteiger partial charge in [0, 0.05) is 26.2 Å². The molecule has 1 fully saturated rings. The normalized spacial score (nSPS) is 16.8. The third-order valence-electron chi connectivity index (χ3n) is 3.69. The van der Waals surface area contributed by atoms with Crippen LogP contribution in [0.15, 0.2) is 35.5 Å². The van der Waals surface area contributed by atoms with Crippen molar-refractivity contribution < 1.29 is 12.8 Å². The highest BCUT2D eigenvalue weighted by molar-refractivity contribution is 7.89. The van der Waals surface area contributed by atoms with Gasteiger partial charge in [0.15, 0.2) is 5.03 Å². The van der Waals surface area contributed by atoms with E-state index in [2.05, 4.69) is 10.4 Å². The number of nitrogens with zero attached hydrogens (tertiary/aromatic N) is 3. The van der Waals surface area contributed by atoms with Gasteiger partial charge in [0.1, 0.15) is 5.82 Å². The van der Waals surface area contributed by atoms with Crippen molar-refractivity contribution in [2.45, 2.75) is 11.9 Å². The Balaban J connectivity index is 2.07. The van der Waals surface area contributed by atoms with Crippen LogP contribution in [0.2, 0.25) is 0 Å². The second-order valence-electron chi connectivity index (χ2n) is 5.17. The molecule has 1 aromatic carbocycles. The molecule has 0 atom stereocenters. The smallest absolute Gasteiger partial charge is 0.260 e. The maximum atomic E-state index is 13.5. The van der Waals surface area contributed by atoms with E-state index in [9.17, 15) is 12.8 Å². The highest BCUT2D eigenvalue weighted by atomic mass is 32.2. The van der Waals surface area contributed by atoms with E-state index in [1.807, 2.05) is 0 Å². The summed E-state index contributed by atoms with van der Waals surface area (Å²) in [6.07, 6.45) is 1.42. The van der Waals surface area contributed by atoms with Crippen molar-refractivity contribution in [2.75, 3.05) is 26.2 Å². The van der Waals surface area contributed by atoms with Crippen LogP contribution in [0.4, 0.5) is 4.39 Å². The summed E-state index contributed by atoms with van der Waals surface area (Å²) >= 11 is 0. The summed E-state index contributed by atoms with van der Waals surface area (Å²) < 4.78 is 41.8. The number of aryl methyl sites for hydroxylation is 1. The average molecular weight is 324 g/mol. The minimum Gasteiger partial charge on any atom is -0.314 e. The fourth-order valence-electron chi connectivity index (χ4n) is 2.50. The summed E-state index contributed by atoms with van der Waals surface area (Å²) in [5.74, 6) is -0.429. The minimum absolute atomic E-state index is 0.0584. The van der Waals surface area contributed by atoms with Crippen molar-refractivity contribution >= 4 is 10.0 Å². The second-order valence-corrected chi connectivity index (χ2v) is 7.05. The maximum absolute atomic E-state index is 13.5. The largest absolute Gasteiger partial charge is 0.314 e. The lowest BCUT2D eigenvalue weighted by molar-refractivity contribution is 0.358. The van der Waals surface area contributed by atoms with Gasteiger partial charge in [-0.25, -0.2) is 17.5 Å². The topological polar surface area (TPSA) is 67.2 Å². The number of rotatable bonds is 3. The summed E-state index contributed by atoms with van der Waals surface area (Å²) in [6.45, 7) is 3.85. The SMILES string of the molecule is Cc1ccc(F)cc1-n1nccc1S(=O)(=O)N1CCNCC1. The monoisotopic (exact) mass is 324 g/mol. The molecule has 2 aromatic rings. The Morgan fingerprint density at radius 2 is 1.95 bits per heavy atom. The van der Waals surface area contributed by atoms with Crippen LogP contribution in [0, 0.1) is 12.7 Å². The molecule has 0 unspecified atom stereocenters. The number of aromatic nitrogens is 2. The van der Waals surface area contributed by atoms with E-state index < -0.39 is 15.8 Å². The van der Waals surface area contributed by atoms with E-state index in [1.165, 1.54) is 33.4 Å². The Bertz CT molecular complexity index is 782. The molecule has 8 heteroatoms. The molecule has 1 aliphatic rings. The van der Waals surface area contributed by atoms with Crippen molar-refractivity contribution in [1.29, 1.82) is 0 Å². The zero-order valence-electron chi connectivity index (χ0n) is 12.2. The van der Waals surface area contributed by atoms with Gasteiger partial charge in [-0.1, -0.05) is 6.07 Å². The fraction of sp³-hybridized carbons (Fsp3) is 0.357. The number of benzene rings is 1. The van der Waals surface area contributed by atoms with Gasteiger partial charge in [-0.15, -0.1) is 0 Å². The molecule has 1 aromatic heterocycles. The summed E-state index contributed by atoms with van der Waals surface area (Å²) in [6, 6.07) is 5.68. The number of hydrogen-bond acceptors (Lipinski definition) is 4. The van der Waals surface area contributed by atoms with Crippen molar-refractivity contribution in [3.63, 3.8) is 0 Å². The summed E-state index contributed by atoms with van der Waals surface area (Å²) in [5.41, 5.74) is 1.18. The van der Waals surface area contributed by atoms with Gasteiger partial charge in [-0.2, -0.15) is 9.40 Å². The average Bonchev–Trinajstić information content (AvgIpc) is 3.01. The molecule has 0 saturated carbocycles. The van der Waals surface area contributed by atoms with E-state index in [-0.39, 0.29) is 5.03 Å². The minimum atomic E-state index is -3.66. The van der Waals surface area contributed by atoms with Crippen LogP contribution < -0.4 is 5.32 Å². The molecule has 118 valence electrons. The Hall–Kier alpha value is -1.77. The zero-order chi connectivity index (χ0) is 15.7. The molecule has 2 heterocycles. The number of piperazine rings is 1. The molecule has 1 saturated heterocycles. The van der Waals surface area contributed by atoms with Crippen LogP contribution in [-0.2, 0) is 10.0 Å². The lowest BCUT2D eigenvalue weighted by Crippen LogP contribution is -2.46. The van der Waals surface area contributed by atoms with Gasteiger partial charge >= 0.3 is 0 Å². The van der Waals surface area contributed by atoms with Crippen LogP contribution in [-0.4, -0.2) is 48.7 Å². The van der Waals surface area contributed by atoms with Gasteiger partial charge in [-0.05, 0) is 30.7 Å². The molecule has 0 amide bonds. The van der Waals surface area contributed by atoms with Crippen LogP contribution >= 0.6 is 0 Å². The number of sulfonamides is 1. The van der Waals surface area contributed by atoms with Crippen molar-refractivity contribution in [1.82, 2.24) is 19.4 Å². The standard InChI is InChI=1S/C14H17FN4O2S/c1-11-2-3-12(15)10-13(11)19-14(4-5-17-19)22(20,21)18-8-6-16-7-9-18/h2-5,10,16H,6-9H2,1H3. The van der Waals surface area contributed by atoms with E-state index in [0.29, 0.717) is 31.9 Å². The van der Waals surface area contributed by atoms with E-state index in [0.717, 1.165) is 5.56 Å². The van der Waals surface area contributed by atoms with Crippen LogP contribution in [0.1, 0.15) is 5.56 Å². The highest BCUT2D eigenvalue weighted by Crippen LogP contribution is 2.22. The third-order valence-corrected chi connectivity index (χ3v) is 5.57. The molecular weight excluding hydrogens is 307 g/mol. The first kappa shape index (κ1) is 15.1. The highest BCUT2D eigenvalue weighted by Gasteiger charge is 2.29. The zero-order valence-corrected chi connectivity index (χ0v) is 13.0. The quantitative estimate of drug-likeness (QED) is 0.911. The molecule has 22 heavy (non-hydrogen) atoms. The first-order valence-electron chi connectivity index (χ1n) is 7.01. The molecule has 0 bridgehead atoms. The van der Waals surface area contributed by atoms with Gasteiger partial charge in [0.25, 0.3) is 10.0 Å². The van der Waals surface area contributed by atoms with E-state index >= 15 is 0 Å². The van der Waals surface area contributed by atoms with E-state index in [4.69, 9.17) is 0 Å². The van der Waals surface area contributed by atoms with Gasteiger partial charge < -0.3 is 5.32 Å². The molecule has 3 rings (SSSR count). The Morgan fingerprint density at radius 3 is 2.68 bits per heavy atom. The third kappa shape index (κ3) is 2.65. The predicted octanol–water partition coefficient (Wildman–Crippen LogP) is 0.914. The molecule has 6 nitrogen and oxygen atoms in total.